The average molecular weight is 244 g/mol. The van der Waals surface area contributed by atoms with Crippen LogP contribution in [0.3, 0.4) is 0 Å². The van der Waals surface area contributed by atoms with Gasteiger partial charge in [0.25, 0.3) is 0 Å². The van der Waals surface area contributed by atoms with E-state index in [-0.39, 0.29) is 0 Å². The summed E-state index contributed by atoms with van der Waals surface area (Å²) in [7, 11) is 0. The summed E-state index contributed by atoms with van der Waals surface area (Å²) in [5, 5.41) is 3.51. The molecule has 0 aliphatic carbocycles. The third kappa shape index (κ3) is 7.74. The average Bonchev–Trinajstić information content (AvgIpc) is 2.31. The molecule has 0 bridgehead atoms. The molecule has 104 valence electrons. The molecule has 0 aliphatic heterocycles. The Bertz CT molecular complexity index is 174. The number of rotatable bonds is 10. The highest BCUT2D eigenvalue weighted by Crippen LogP contribution is 2.10. The Morgan fingerprint density at radius 2 is 1.76 bits per heavy atom. The monoisotopic (exact) mass is 244 g/mol. The highest BCUT2D eigenvalue weighted by molar-refractivity contribution is 4.74. The van der Waals surface area contributed by atoms with Crippen molar-refractivity contribution in [3.05, 3.63) is 0 Å². The lowest BCUT2D eigenvalue weighted by Crippen LogP contribution is -2.43. The zero-order valence-corrected chi connectivity index (χ0v) is 12.6. The molecule has 0 heterocycles. The van der Waals surface area contributed by atoms with Crippen molar-refractivity contribution < 1.29 is 4.74 Å². The number of nitrogens with zero attached hydrogens (tertiary/aromatic N) is 1. The fraction of sp³-hybridized carbons (Fsp3) is 1.00. The molecular weight excluding hydrogens is 212 g/mol. The number of ether oxygens (including phenoxy) is 1. The predicted molar refractivity (Wildman–Crippen MR) is 75.5 cm³/mol. The topological polar surface area (TPSA) is 24.5 Å². The summed E-state index contributed by atoms with van der Waals surface area (Å²) in [6.07, 6.45) is 0. The van der Waals surface area contributed by atoms with Gasteiger partial charge >= 0.3 is 0 Å². The highest BCUT2D eigenvalue weighted by atomic mass is 16.5. The molecule has 0 amide bonds. The molecule has 3 nitrogen and oxygen atoms in total. The molecule has 0 aromatic heterocycles. The first kappa shape index (κ1) is 16.9. The number of likely N-dealkylation sites (N-methyl/N-ethyl adjacent to an activating group) is 1. The van der Waals surface area contributed by atoms with E-state index in [1.54, 1.807) is 0 Å². The quantitative estimate of drug-likeness (QED) is 0.597. The SMILES string of the molecule is CCOCCN(CC)C(C)C(C)CNC(C)C. The van der Waals surface area contributed by atoms with E-state index in [1.807, 2.05) is 0 Å². The Hall–Kier alpha value is -0.120. The smallest absolute Gasteiger partial charge is 0.0593 e. The van der Waals surface area contributed by atoms with Gasteiger partial charge in [0, 0.05) is 25.2 Å². The van der Waals surface area contributed by atoms with Crippen molar-refractivity contribution in [3.63, 3.8) is 0 Å². The van der Waals surface area contributed by atoms with Crippen LogP contribution in [0.25, 0.3) is 0 Å². The summed E-state index contributed by atoms with van der Waals surface area (Å²) in [6, 6.07) is 1.18. The highest BCUT2D eigenvalue weighted by Gasteiger charge is 2.18. The van der Waals surface area contributed by atoms with Gasteiger partial charge in [-0.1, -0.05) is 27.7 Å². The van der Waals surface area contributed by atoms with E-state index >= 15 is 0 Å². The van der Waals surface area contributed by atoms with E-state index in [2.05, 4.69) is 51.8 Å². The second-order valence-electron chi connectivity index (χ2n) is 5.11. The molecule has 0 aromatic carbocycles. The lowest BCUT2D eigenvalue weighted by Gasteiger charge is -2.32. The van der Waals surface area contributed by atoms with Gasteiger partial charge in [0.05, 0.1) is 6.61 Å². The minimum Gasteiger partial charge on any atom is -0.380 e. The first-order valence-corrected chi connectivity index (χ1v) is 7.08. The van der Waals surface area contributed by atoms with E-state index < -0.39 is 0 Å². The van der Waals surface area contributed by atoms with Crippen LogP contribution in [-0.2, 0) is 4.74 Å². The third-order valence-electron chi connectivity index (χ3n) is 3.38. The Labute approximate surface area is 108 Å². The van der Waals surface area contributed by atoms with Crippen LogP contribution in [0.5, 0.6) is 0 Å². The fourth-order valence-corrected chi connectivity index (χ4v) is 1.93. The van der Waals surface area contributed by atoms with Crippen LogP contribution < -0.4 is 5.32 Å². The summed E-state index contributed by atoms with van der Waals surface area (Å²) >= 11 is 0. The van der Waals surface area contributed by atoms with Crippen LogP contribution in [0.4, 0.5) is 0 Å². The molecule has 0 aromatic rings. The van der Waals surface area contributed by atoms with Crippen LogP contribution in [-0.4, -0.2) is 49.8 Å². The Morgan fingerprint density at radius 3 is 2.24 bits per heavy atom. The molecule has 2 atom stereocenters. The molecule has 17 heavy (non-hydrogen) atoms. The number of hydrogen-bond acceptors (Lipinski definition) is 3. The van der Waals surface area contributed by atoms with E-state index in [0.29, 0.717) is 18.0 Å². The van der Waals surface area contributed by atoms with Gasteiger partial charge in [-0.25, -0.2) is 0 Å². The van der Waals surface area contributed by atoms with Crippen molar-refractivity contribution in [1.82, 2.24) is 10.2 Å². The van der Waals surface area contributed by atoms with Crippen molar-refractivity contribution in [3.8, 4) is 0 Å². The second kappa shape index (κ2) is 9.86. The van der Waals surface area contributed by atoms with Gasteiger partial charge in [-0.2, -0.15) is 0 Å². The van der Waals surface area contributed by atoms with Gasteiger partial charge in [0.1, 0.15) is 0 Å². The lowest BCUT2D eigenvalue weighted by molar-refractivity contribution is 0.0863. The molecule has 3 heteroatoms. The van der Waals surface area contributed by atoms with Crippen molar-refractivity contribution >= 4 is 0 Å². The Kier molecular flexibility index (Phi) is 9.79. The van der Waals surface area contributed by atoms with Gasteiger partial charge in [-0.15, -0.1) is 0 Å². The van der Waals surface area contributed by atoms with Gasteiger partial charge in [0.2, 0.25) is 0 Å². The molecule has 0 saturated carbocycles. The molecule has 0 saturated heterocycles. The van der Waals surface area contributed by atoms with Gasteiger partial charge < -0.3 is 10.1 Å². The van der Waals surface area contributed by atoms with E-state index in [9.17, 15) is 0 Å². The second-order valence-corrected chi connectivity index (χ2v) is 5.11. The van der Waals surface area contributed by atoms with Crippen LogP contribution in [0.1, 0.15) is 41.5 Å². The zero-order valence-electron chi connectivity index (χ0n) is 12.6. The van der Waals surface area contributed by atoms with Gasteiger partial charge in [0.15, 0.2) is 0 Å². The molecule has 0 rings (SSSR count). The van der Waals surface area contributed by atoms with E-state index in [0.717, 1.165) is 32.8 Å². The van der Waals surface area contributed by atoms with Crippen LogP contribution in [0, 0.1) is 5.92 Å². The Morgan fingerprint density at radius 1 is 1.12 bits per heavy atom. The van der Waals surface area contributed by atoms with Gasteiger partial charge in [-0.3, -0.25) is 4.90 Å². The molecule has 0 spiro atoms. The normalized spacial score (nSPS) is 15.5. The van der Waals surface area contributed by atoms with E-state index in [1.165, 1.54) is 0 Å². The fourth-order valence-electron chi connectivity index (χ4n) is 1.93. The summed E-state index contributed by atoms with van der Waals surface area (Å²) in [4.78, 5) is 2.50. The largest absolute Gasteiger partial charge is 0.380 e. The van der Waals surface area contributed by atoms with Crippen molar-refractivity contribution in [2.45, 2.75) is 53.6 Å². The van der Waals surface area contributed by atoms with Gasteiger partial charge in [-0.05, 0) is 32.9 Å². The number of nitrogens with one attached hydrogen (secondary N) is 1. The first-order valence-electron chi connectivity index (χ1n) is 7.08. The molecule has 2 unspecified atom stereocenters. The first-order chi connectivity index (χ1) is 8.02. The predicted octanol–water partition coefficient (Wildman–Crippen LogP) is 2.37. The Balaban J connectivity index is 3.98. The minimum absolute atomic E-state index is 0.572. The van der Waals surface area contributed by atoms with Crippen molar-refractivity contribution in [1.29, 1.82) is 0 Å². The summed E-state index contributed by atoms with van der Waals surface area (Å²) in [5.74, 6) is 0.666. The minimum atomic E-state index is 0.572. The number of hydrogen-bond donors (Lipinski definition) is 1. The van der Waals surface area contributed by atoms with Crippen molar-refractivity contribution in [2.75, 3.05) is 32.8 Å². The van der Waals surface area contributed by atoms with Crippen LogP contribution in [0.15, 0.2) is 0 Å². The molecule has 1 N–H and O–H groups in total. The molecular formula is C14H32N2O. The maximum atomic E-state index is 5.44. The van der Waals surface area contributed by atoms with E-state index in [4.69, 9.17) is 4.74 Å². The summed E-state index contributed by atoms with van der Waals surface area (Å²) in [6.45, 7) is 18.2. The molecule has 0 fully saturated rings. The standard InChI is InChI=1S/C14H32N2O/c1-7-16(9-10-17-8-2)14(6)13(5)11-15-12(3)4/h12-15H,7-11H2,1-6H3. The van der Waals surface area contributed by atoms with Crippen LogP contribution in [0.2, 0.25) is 0 Å². The molecule has 0 radical (unpaired) electrons. The lowest BCUT2D eigenvalue weighted by atomic mass is 10.0. The maximum Gasteiger partial charge on any atom is 0.0593 e. The zero-order chi connectivity index (χ0) is 13.3. The third-order valence-corrected chi connectivity index (χ3v) is 3.38. The maximum absolute atomic E-state index is 5.44. The van der Waals surface area contributed by atoms with Crippen LogP contribution >= 0.6 is 0 Å². The summed E-state index contributed by atoms with van der Waals surface area (Å²) in [5.41, 5.74) is 0. The molecule has 0 aliphatic rings. The summed E-state index contributed by atoms with van der Waals surface area (Å²) < 4.78 is 5.44. The van der Waals surface area contributed by atoms with Crippen molar-refractivity contribution in [2.24, 2.45) is 5.92 Å².